The number of amides is 1. The Hall–Kier alpha value is -1.59. The maximum atomic E-state index is 11.3. The van der Waals surface area contributed by atoms with Crippen LogP contribution in [-0.4, -0.2) is 37.7 Å². The van der Waals surface area contributed by atoms with E-state index in [1.807, 2.05) is 29.3 Å². The molecule has 5 nitrogen and oxygen atoms in total. The number of benzene rings is 1. The Kier molecular flexibility index (Phi) is 4.17. The van der Waals surface area contributed by atoms with Crippen molar-refractivity contribution >= 4 is 12.1 Å². The molecular formula is C13H19N3O2. The Labute approximate surface area is 107 Å². The lowest BCUT2D eigenvalue weighted by Crippen LogP contribution is -2.49. The van der Waals surface area contributed by atoms with Crippen LogP contribution >= 0.6 is 0 Å². The predicted molar refractivity (Wildman–Crippen MR) is 70.3 cm³/mol. The Morgan fingerprint density at radius 3 is 2.44 bits per heavy atom. The number of methoxy groups -OCH3 is 1. The molecule has 0 aliphatic carbocycles. The van der Waals surface area contributed by atoms with E-state index in [-0.39, 0.29) is 6.04 Å². The van der Waals surface area contributed by atoms with Crippen LogP contribution < -0.4 is 15.5 Å². The zero-order chi connectivity index (χ0) is 13.0. The molecule has 0 radical (unpaired) electrons. The summed E-state index contributed by atoms with van der Waals surface area (Å²) in [6.07, 6.45) is 2.68. The van der Waals surface area contributed by atoms with Gasteiger partial charge < -0.3 is 10.5 Å². The summed E-state index contributed by atoms with van der Waals surface area (Å²) in [6.45, 7) is 1.62. The molecule has 1 fully saturated rings. The van der Waals surface area contributed by atoms with Crippen LogP contribution in [0.5, 0.6) is 5.75 Å². The number of nitrogens with zero attached hydrogens (tertiary/aromatic N) is 2. The summed E-state index contributed by atoms with van der Waals surface area (Å²) in [5.74, 6) is 0.783. The van der Waals surface area contributed by atoms with E-state index in [1.165, 1.54) is 0 Å². The maximum Gasteiger partial charge on any atom is 0.228 e. The fourth-order valence-corrected chi connectivity index (χ4v) is 2.13. The second-order valence-corrected chi connectivity index (χ2v) is 4.44. The van der Waals surface area contributed by atoms with Gasteiger partial charge in [0, 0.05) is 19.1 Å². The highest BCUT2D eigenvalue weighted by molar-refractivity contribution is 5.73. The van der Waals surface area contributed by atoms with Crippen LogP contribution in [0.4, 0.5) is 5.69 Å². The molecule has 0 unspecified atom stereocenters. The molecule has 1 aliphatic heterocycles. The van der Waals surface area contributed by atoms with Crippen molar-refractivity contribution < 1.29 is 9.53 Å². The van der Waals surface area contributed by atoms with Gasteiger partial charge in [0.05, 0.1) is 12.8 Å². The van der Waals surface area contributed by atoms with Crippen molar-refractivity contribution in [3.63, 3.8) is 0 Å². The number of hydrogen-bond acceptors (Lipinski definition) is 4. The highest BCUT2D eigenvalue weighted by atomic mass is 16.5. The van der Waals surface area contributed by atoms with Crippen molar-refractivity contribution in [2.24, 2.45) is 5.73 Å². The molecular weight excluding hydrogens is 230 g/mol. The van der Waals surface area contributed by atoms with Crippen LogP contribution in [0.25, 0.3) is 0 Å². The molecule has 1 aliphatic rings. The molecule has 0 bridgehead atoms. The average Bonchev–Trinajstić information content (AvgIpc) is 2.42. The van der Waals surface area contributed by atoms with Gasteiger partial charge in [0.15, 0.2) is 0 Å². The highest BCUT2D eigenvalue weighted by Gasteiger charge is 2.21. The van der Waals surface area contributed by atoms with Gasteiger partial charge in [0.1, 0.15) is 5.75 Å². The zero-order valence-electron chi connectivity index (χ0n) is 10.6. The fourth-order valence-electron chi connectivity index (χ4n) is 2.13. The summed E-state index contributed by atoms with van der Waals surface area (Å²) in [7, 11) is 1.62. The van der Waals surface area contributed by atoms with Gasteiger partial charge in [0.25, 0.3) is 0 Å². The van der Waals surface area contributed by atoms with E-state index in [4.69, 9.17) is 10.5 Å². The van der Waals surface area contributed by atoms with E-state index in [1.54, 1.807) is 12.1 Å². The summed E-state index contributed by atoms with van der Waals surface area (Å²) >= 11 is 0. The van der Waals surface area contributed by atoms with Crippen molar-refractivity contribution in [2.75, 3.05) is 25.2 Å². The molecule has 1 heterocycles. The topological polar surface area (TPSA) is 58.8 Å². The molecule has 1 saturated heterocycles. The SMILES string of the molecule is COc1ccc(N(C=O)N2CCC(N)CC2)cc1. The number of carbonyl (C=O) groups is 1. The maximum absolute atomic E-state index is 11.3. The van der Waals surface area contributed by atoms with Gasteiger partial charge in [-0.3, -0.25) is 4.79 Å². The number of carbonyl (C=O) groups excluding carboxylic acids is 1. The minimum absolute atomic E-state index is 0.255. The third-order valence-electron chi connectivity index (χ3n) is 3.26. The van der Waals surface area contributed by atoms with Gasteiger partial charge in [-0.1, -0.05) is 0 Å². The van der Waals surface area contributed by atoms with E-state index in [0.29, 0.717) is 0 Å². The summed E-state index contributed by atoms with van der Waals surface area (Å²) in [5.41, 5.74) is 6.71. The Balaban J connectivity index is 2.09. The molecule has 1 aromatic rings. The van der Waals surface area contributed by atoms with Crippen LogP contribution in [0.1, 0.15) is 12.8 Å². The van der Waals surface area contributed by atoms with E-state index < -0.39 is 0 Å². The van der Waals surface area contributed by atoms with E-state index >= 15 is 0 Å². The smallest absolute Gasteiger partial charge is 0.228 e. The third-order valence-corrected chi connectivity index (χ3v) is 3.26. The molecule has 5 heteroatoms. The first kappa shape index (κ1) is 12.9. The quantitative estimate of drug-likeness (QED) is 0.809. The Bertz CT molecular complexity index is 386. The molecule has 18 heavy (non-hydrogen) atoms. The lowest BCUT2D eigenvalue weighted by atomic mass is 10.1. The lowest BCUT2D eigenvalue weighted by molar-refractivity contribution is -0.110. The van der Waals surface area contributed by atoms with E-state index in [2.05, 4.69) is 0 Å². The zero-order valence-corrected chi connectivity index (χ0v) is 10.6. The second-order valence-electron chi connectivity index (χ2n) is 4.44. The summed E-state index contributed by atoms with van der Waals surface area (Å²) in [6, 6.07) is 7.71. The monoisotopic (exact) mass is 249 g/mol. The molecule has 0 atom stereocenters. The Morgan fingerprint density at radius 1 is 1.33 bits per heavy atom. The molecule has 1 aromatic carbocycles. The molecule has 1 amide bonds. The average molecular weight is 249 g/mol. The van der Waals surface area contributed by atoms with Crippen LogP contribution in [0.15, 0.2) is 24.3 Å². The molecule has 98 valence electrons. The van der Waals surface area contributed by atoms with Crippen molar-refractivity contribution in [2.45, 2.75) is 18.9 Å². The first-order chi connectivity index (χ1) is 8.74. The molecule has 2 rings (SSSR count). The van der Waals surface area contributed by atoms with Gasteiger partial charge in [0.2, 0.25) is 6.41 Å². The number of hydrazine groups is 1. The fraction of sp³-hybridized carbons (Fsp3) is 0.462. The largest absolute Gasteiger partial charge is 0.497 e. The van der Waals surface area contributed by atoms with Gasteiger partial charge in [-0.05, 0) is 37.1 Å². The van der Waals surface area contributed by atoms with Crippen LogP contribution in [0.3, 0.4) is 0 Å². The van der Waals surface area contributed by atoms with E-state index in [0.717, 1.165) is 43.8 Å². The number of rotatable bonds is 4. The van der Waals surface area contributed by atoms with E-state index in [9.17, 15) is 4.79 Å². The van der Waals surface area contributed by atoms with Crippen molar-refractivity contribution in [3.05, 3.63) is 24.3 Å². The standard InChI is InChI=1S/C13H19N3O2/c1-18-13-4-2-12(3-5-13)16(10-17)15-8-6-11(14)7-9-15/h2-5,10-11H,6-9,14H2,1H3. The minimum Gasteiger partial charge on any atom is -0.497 e. The number of ether oxygens (including phenoxy) is 1. The van der Waals surface area contributed by atoms with Crippen LogP contribution in [0.2, 0.25) is 0 Å². The predicted octanol–water partition coefficient (Wildman–Crippen LogP) is 0.996. The third kappa shape index (κ3) is 2.80. The number of hydrogen-bond donors (Lipinski definition) is 1. The molecule has 0 saturated carbocycles. The second kappa shape index (κ2) is 5.84. The molecule has 0 spiro atoms. The first-order valence-electron chi connectivity index (χ1n) is 6.13. The van der Waals surface area contributed by atoms with Crippen LogP contribution in [0, 0.1) is 0 Å². The summed E-state index contributed by atoms with van der Waals surface area (Å²) in [4.78, 5) is 11.3. The normalized spacial score (nSPS) is 17.4. The summed E-state index contributed by atoms with van der Waals surface area (Å²) < 4.78 is 5.11. The number of anilines is 1. The number of piperidine rings is 1. The first-order valence-corrected chi connectivity index (χ1v) is 6.13. The van der Waals surface area contributed by atoms with Gasteiger partial charge >= 0.3 is 0 Å². The lowest BCUT2D eigenvalue weighted by Gasteiger charge is -2.36. The minimum atomic E-state index is 0.255. The highest BCUT2D eigenvalue weighted by Crippen LogP contribution is 2.21. The van der Waals surface area contributed by atoms with Crippen LogP contribution in [-0.2, 0) is 4.79 Å². The summed E-state index contributed by atoms with van der Waals surface area (Å²) in [5, 5.41) is 3.67. The van der Waals surface area contributed by atoms with Gasteiger partial charge in [-0.25, -0.2) is 10.0 Å². The van der Waals surface area contributed by atoms with Crippen molar-refractivity contribution in [3.8, 4) is 5.75 Å². The van der Waals surface area contributed by atoms with Gasteiger partial charge in [-0.2, -0.15) is 0 Å². The Morgan fingerprint density at radius 2 is 1.94 bits per heavy atom. The molecule has 2 N–H and O–H groups in total. The van der Waals surface area contributed by atoms with Crippen molar-refractivity contribution in [1.82, 2.24) is 5.01 Å². The molecule has 0 aromatic heterocycles. The van der Waals surface area contributed by atoms with Crippen molar-refractivity contribution in [1.29, 1.82) is 0 Å². The van der Waals surface area contributed by atoms with Gasteiger partial charge in [-0.15, -0.1) is 0 Å². The number of nitrogens with two attached hydrogens (primary N) is 1.